The lowest BCUT2D eigenvalue weighted by Gasteiger charge is -2.39. The van der Waals surface area contributed by atoms with Crippen molar-refractivity contribution in [2.75, 3.05) is 13.1 Å². The molecule has 4 nitrogen and oxygen atoms in total. The summed E-state index contributed by atoms with van der Waals surface area (Å²) in [5, 5.41) is 0. The third kappa shape index (κ3) is 4.21. The molecule has 28 heavy (non-hydrogen) atoms. The van der Waals surface area contributed by atoms with E-state index in [1.807, 2.05) is 30.6 Å². The number of nitrogens with zero attached hydrogens (tertiary/aromatic N) is 3. The Kier molecular flexibility index (Phi) is 5.93. The number of halogens is 1. The van der Waals surface area contributed by atoms with E-state index in [4.69, 9.17) is 0 Å². The summed E-state index contributed by atoms with van der Waals surface area (Å²) >= 11 is 3.63. The van der Waals surface area contributed by atoms with Gasteiger partial charge in [0.25, 0.3) is 0 Å². The van der Waals surface area contributed by atoms with Crippen LogP contribution in [0.25, 0.3) is 0 Å². The molecule has 1 unspecified atom stereocenters. The van der Waals surface area contributed by atoms with Crippen molar-refractivity contribution in [3.8, 4) is 0 Å². The predicted molar refractivity (Wildman–Crippen MR) is 113 cm³/mol. The van der Waals surface area contributed by atoms with Gasteiger partial charge in [-0.25, -0.2) is 0 Å². The zero-order chi connectivity index (χ0) is 19.3. The molecule has 0 amide bonds. The Balaban J connectivity index is 1.84. The van der Waals surface area contributed by atoms with Gasteiger partial charge in [-0.1, -0.05) is 40.2 Å². The zero-order valence-corrected chi connectivity index (χ0v) is 17.1. The maximum absolute atomic E-state index is 11.9. The van der Waals surface area contributed by atoms with Gasteiger partial charge in [-0.3, -0.25) is 19.7 Å². The monoisotopic (exact) mass is 435 g/mol. The Hall–Kier alpha value is -2.37. The second kappa shape index (κ2) is 8.76. The van der Waals surface area contributed by atoms with Gasteiger partial charge in [-0.2, -0.15) is 0 Å². The van der Waals surface area contributed by atoms with Gasteiger partial charge in [-0.05, 0) is 41.0 Å². The van der Waals surface area contributed by atoms with E-state index in [2.05, 4.69) is 61.1 Å². The van der Waals surface area contributed by atoms with Crippen LogP contribution >= 0.6 is 15.9 Å². The minimum atomic E-state index is 0.0740. The molecule has 0 radical (unpaired) electrons. The normalized spacial score (nSPS) is 16.3. The molecule has 3 aromatic rings. The van der Waals surface area contributed by atoms with E-state index in [-0.39, 0.29) is 12.0 Å². The van der Waals surface area contributed by atoms with Crippen molar-refractivity contribution >= 4 is 21.7 Å². The average Bonchev–Trinajstić information content (AvgIpc) is 2.74. The van der Waals surface area contributed by atoms with Crippen LogP contribution in [0.1, 0.15) is 41.5 Å². The smallest absolute Gasteiger partial charge is 0.135 e. The molecule has 0 N–H and O–H groups in total. The number of hydrogen-bond acceptors (Lipinski definition) is 4. The minimum Gasteiger partial charge on any atom is -0.300 e. The summed E-state index contributed by atoms with van der Waals surface area (Å²) in [6, 6.07) is 16.8. The quantitative estimate of drug-likeness (QED) is 0.578. The molecule has 2 aromatic heterocycles. The number of hydrogen-bond donors (Lipinski definition) is 0. The van der Waals surface area contributed by atoms with Gasteiger partial charge in [0.15, 0.2) is 0 Å². The molecule has 0 saturated carbocycles. The number of pyridine rings is 2. The first-order valence-corrected chi connectivity index (χ1v) is 10.3. The van der Waals surface area contributed by atoms with Crippen molar-refractivity contribution in [2.45, 2.75) is 24.8 Å². The largest absolute Gasteiger partial charge is 0.300 e. The highest BCUT2D eigenvalue weighted by molar-refractivity contribution is 9.10. The lowest BCUT2D eigenvalue weighted by atomic mass is 9.81. The van der Waals surface area contributed by atoms with Crippen molar-refractivity contribution in [3.05, 3.63) is 94.5 Å². The molecule has 1 aromatic carbocycles. The minimum absolute atomic E-state index is 0.0740. The van der Waals surface area contributed by atoms with Gasteiger partial charge < -0.3 is 0 Å². The topological polar surface area (TPSA) is 46.1 Å². The van der Waals surface area contributed by atoms with Gasteiger partial charge in [0.05, 0.1) is 0 Å². The Labute approximate surface area is 173 Å². The van der Waals surface area contributed by atoms with Crippen LogP contribution in [0, 0.1) is 0 Å². The van der Waals surface area contributed by atoms with Crippen LogP contribution in [0.15, 0.2) is 77.8 Å². The number of Topliss-reactive ketones (excluding diaryl/α,β-unsaturated/α-hetero) is 1. The molecule has 3 heterocycles. The summed E-state index contributed by atoms with van der Waals surface area (Å²) in [6.45, 7) is 1.54. The Morgan fingerprint density at radius 3 is 2.00 bits per heavy atom. The van der Waals surface area contributed by atoms with E-state index in [9.17, 15) is 4.79 Å². The lowest BCUT2D eigenvalue weighted by molar-refractivity contribution is -0.122. The number of carbonyl (C=O) groups is 1. The molecule has 4 rings (SSSR count). The maximum Gasteiger partial charge on any atom is 0.135 e. The summed E-state index contributed by atoms with van der Waals surface area (Å²) in [6.07, 6.45) is 8.71. The summed E-state index contributed by atoms with van der Waals surface area (Å²) in [4.78, 5) is 23.1. The van der Waals surface area contributed by atoms with Gasteiger partial charge >= 0.3 is 0 Å². The molecule has 1 atom stereocenters. The molecular formula is C23H22BrN3O. The second-order valence-electron chi connectivity index (χ2n) is 7.12. The highest BCUT2D eigenvalue weighted by atomic mass is 79.9. The highest BCUT2D eigenvalue weighted by Gasteiger charge is 2.33. The molecule has 0 spiro atoms. The van der Waals surface area contributed by atoms with Crippen molar-refractivity contribution in [2.24, 2.45) is 0 Å². The van der Waals surface area contributed by atoms with E-state index < -0.39 is 0 Å². The Morgan fingerprint density at radius 2 is 1.46 bits per heavy atom. The molecule has 1 fully saturated rings. The van der Waals surface area contributed by atoms with E-state index in [0.717, 1.165) is 28.7 Å². The van der Waals surface area contributed by atoms with E-state index in [0.29, 0.717) is 18.6 Å². The van der Waals surface area contributed by atoms with E-state index in [1.54, 1.807) is 12.4 Å². The fourth-order valence-corrected chi connectivity index (χ4v) is 4.45. The zero-order valence-electron chi connectivity index (χ0n) is 15.5. The van der Waals surface area contributed by atoms with Crippen molar-refractivity contribution in [3.63, 3.8) is 0 Å². The molecule has 0 bridgehead atoms. The fraction of sp³-hybridized carbons (Fsp3) is 0.261. The SMILES string of the molecule is O=C1CCN(C(c2cccc(Br)c2)C(c2cccnc2)c2cccnc2)CC1. The number of benzene rings is 1. The third-order valence-corrected chi connectivity index (χ3v) is 5.84. The number of aromatic nitrogens is 2. The van der Waals surface area contributed by atoms with Gasteiger partial charge in [0.1, 0.15) is 5.78 Å². The predicted octanol–water partition coefficient (Wildman–Crippen LogP) is 4.78. The first-order valence-electron chi connectivity index (χ1n) is 9.53. The van der Waals surface area contributed by atoms with Gasteiger partial charge in [-0.15, -0.1) is 0 Å². The van der Waals surface area contributed by atoms with Crippen LogP contribution in [0.3, 0.4) is 0 Å². The van der Waals surface area contributed by atoms with E-state index in [1.165, 1.54) is 5.56 Å². The van der Waals surface area contributed by atoms with E-state index >= 15 is 0 Å². The number of ketones is 1. The standard InChI is InChI=1S/C23H22BrN3O/c24-20-7-1-4-17(14-20)23(27-12-8-21(28)9-13-27)22(18-5-2-10-25-15-18)19-6-3-11-26-16-19/h1-7,10-11,14-16,22-23H,8-9,12-13H2. The first-order chi connectivity index (χ1) is 13.7. The van der Waals surface area contributed by atoms with Crippen LogP contribution in [-0.2, 0) is 4.79 Å². The Bertz CT molecular complexity index is 883. The third-order valence-electron chi connectivity index (χ3n) is 5.34. The molecule has 1 aliphatic heterocycles. The first kappa shape index (κ1) is 19.0. The van der Waals surface area contributed by atoms with Crippen LogP contribution in [0.2, 0.25) is 0 Å². The van der Waals surface area contributed by atoms with Crippen molar-refractivity contribution < 1.29 is 4.79 Å². The van der Waals surface area contributed by atoms with Crippen LogP contribution < -0.4 is 0 Å². The summed E-state index contributed by atoms with van der Waals surface area (Å²) in [7, 11) is 0. The highest BCUT2D eigenvalue weighted by Crippen LogP contribution is 2.41. The van der Waals surface area contributed by atoms with Crippen LogP contribution in [0.4, 0.5) is 0 Å². The van der Waals surface area contributed by atoms with Crippen LogP contribution in [0.5, 0.6) is 0 Å². The average molecular weight is 436 g/mol. The fourth-order valence-electron chi connectivity index (χ4n) is 4.03. The second-order valence-corrected chi connectivity index (χ2v) is 8.04. The van der Waals surface area contributed by atoms with Crippen molar-refractivity contribution in [1.82, 2.24) is 14.9 Å². The molecule has 1 saturated heterocycles. The molecule has 142 valence electrons. The summed E-state index contributed by atoms with van der Waals surface area (Å²) < 4.78 is 1.05. The molecule has 0 aliphatic carbocycles. The lowest BCUT2D eigenvalue weighted by Crippen LogP contribution is -2.39. The molecule has 1 aliphatic rings. The summed E-state index contributed by atoms with van der Waals surface area (Å²) in [5.74, 6) is 0.424. The maximum atomic E-state index is 11.9. The molecule has 5 heteroatoms. The van der Waals surface area contributed by atoms with Gasteiger partial charge in [0.2, 0.25) is 0 Å². The van der Waals surface area contributed by atoms with Crippen molar-refractivity contribution in [1.29, 1.82) is 0 Å². The summed E-state index contributed by atoms with van der Waals surface area (Å²) in [5.41, 5.74) is 3.52. The number of piperidine rings is 1. The van der Waals surface area contributed by atoms with Gasteiger partial charge in [0, 0.05) is 67.2 Å². The Morgan fingerprint density at radius 1 is 0.857 bits per heavy atom. The number of rotatable bonds is 5. The molecular weight excluding hydrogens is 414 g/mol. The number of likely N-dealkylation sites (tertiary alicyclic amines) is 1. The van der Waals surface area contributed by atoms with Crippen LogP contribution in [-0.4, -0.2) is 33.7 Å². The number of carbonyl (C=O) groups excluding carboxylic acids is 1.